The van der Waals surface area contributed by atoms with Crippen LogP contribution in [0.25, 0.3) is 0 Å². The first-order valence-electron chi connectivity index (χ1n) is 9.24. The largest absolute Gasteiger partial charge is 0.379 e. The fraction of sp³-hybridized carbons (Fsp3) is 0.421. The maximum absolute atomic E-state index is 12.7. The number of morpholine rings is 1. The van der Waals surface area contributed by atoms with E-state index in [-0.39, 0.29) is 16.8 Å². The van der Waals surface area contributed by atoms with Gasteiger partial charge in [-0.3, -0.25) is 9.69 Å². The number of nitrogens with one attached hydrogen (secondary N) is 2. The Balaban J connectivity index is 1.71. The van der Waals surface area contributed by atoms with Crippen LogP contribution in [0.3, 0.4) is 0 Å². The van der Waals surface area contributed by atoms with Crippen LogP contribution in [0.5, 0.6) is 0 Å². The molecular formula is C19H25N3O4S2. The summed E-state index contributed by atoms with van der Waals surface area (Å²) in [4.78, 5) is 16.3. The zero-order chi connectivity index (χ0) is 20.0. The normalized spacial score (nSPS) is 16.6. The molecule has 2 heterocycles. The topological polar surface area (TPSA) is 87.7 Å². The number of thiophene rings is 1. The minimum Gasteiger partial charge on any atom is -0.379 e. The molecule has 0 saturated carbocycles. The highest BCUT2D eigenvalue weighted by Crippen LogP contribution is 2.25. The number of rotatable bonds is 8. The van der Waals surface area contributed by atoms with Crippen LogP contribution in [-0.4, -0.2) is 58.6 Å². The summed E-state index contributed by atoms with van der Waals surface area (Å²) in [5, 5.41) is 4.99. The van der Waals surface area contributed by atoms with Gasteiger partial charge >= 0.3 is 0 Å². The summed E-state index contributed by atoms with van der Waals surface area (Å²) in [5.41, 5.74) is 0.325. The lowest BCUT2D eigenvalue weighted by Gasteiger charge is -2.34. The average molecular weight is 424 g/mol. The van der Waals surface area contributed by atoms with Crippen molar-refractivity contribution in [1.29, 1.82) is 0 Å². The Labute approximate surface area is 169 Å². The summed E-state index contributed by atoms with van der Waals surface area (Å²) in [6, 6.07) is 10.2. The molecule has 1 saturated heterocycles. The van der Waals surface area contributed by atoms with Gasteiger partial charge < -0.3 is 10.1 Å². The summed E-state index contributed by atoms with van der Waals surface area (Å²) >= 11 is 1.66. The molecule has 2 aromatic rings. The van der Waals surface area contributed by atoms with Crippen molar-refractivity contribution in [2.24, 2.45) is 0 Å². The van der Waals surface area contributed by atoms with E-state index in [0.29, 0.717) is 31.9 Å². The van der Waals surface area contributed by atoms with Crippen molar-refractivity contribution < 1.29 is 17.9 Å². The first-order chi connectivity index (χ1) is 13.5. The Kier molecular flexibility index (Phi) is 7.19. The molecular weight excluding hydrogens is 398 g/mol. The molecule has 0 aliphatic carbocycles. The molecule has 9 heteroatoms. The number of sulfonamides is 1. The Bertz CT molecular complexity index is 878. The lowest BCUT2D eigenvalue weighted by Crippen LogP contribution is -2.43. The van der Waals surface area contributed by atoms with Crippen molar-refractivity contribution in [2.45, 2.75) is 17.9 Å². The zero-order valence-electron chi connectivity index (χ0n) is 15.8. The molecule has 1 fully saturated rings. The van der Waals surface area contributed by atoms with Gasteiger partial charge in [0.05, 0.1) is 24.2 Å². The number of hydrogen-bond acceptors (Lipinski definition) is 6. The van der Waals surface area contributed by atoms with E-state index in [1.807, 2.05) is 11.4 Å². The van der Waals surface area contributed by atoms with E-state index >= 15 is 0 Å². The van der Waals surface area contributed by atoms with Gasteiger partial charge in [-0.25, -0.2) is 13.1 Å². The molecule has 152 valence electrons. The molecule has 1 aliphatic heterocycles. The summed E-state index contributed by atoms with van der Waals surface area (Å²) in [5.74, 6) is -0.289. The lowest BCUT2D eigenvalue weighted by molar-refractivity contribution is 0.0169. The van der Waals surface area contributed by atoms with Crippen molar-refractivity contribution in [3.05, 3.63) is 52.2 Å². The summed E-state index contributed by atoms with van der Waals surface area (Å²) < 4.78 is 32.2. The smallest absolute Gasteiger partial charge is 0.251 e. The number of hydrogen-bond donors (Lipinski definition) is 2. The molecule has 1 amide bonds. The van der Waals surface area contributed by atoms with Crippen molar-refractivity contribution >= 4 is 27.3 Å². The van der Waals surface area contributed by atoms with Crippen LogP contribution in [-0.2, 0) is 14.8 Å². The van der Waals surface area contributed by atoms with Crippen LogP contribution < -0.4 is 10.0 Å². The number of amides is 1. The highest BCUT2D eigenvalue weighted by molar-refractivity contribution is 7.89. The summed E-state index contributed by atoms with van der Waals surface area (Å²) in [6.45, 7) is 5.44. The standard InChI is InChI=1S/C19H25N3O4S2/c1-2-21-28(24,25)16-6-3-5-15(13-16)19(23)20-14-17(18-7-4-12-27-18)22-8-10-26-11-9-22/h3-7,12-13,17,21H,2,8-11,14H2,1H3,(H,20,23). The highest BCUT2D eigenvalue weighted by Gasteiger charge is 2.24. The van der Waals surface area contributed by atoms with Crippen LogP contribution in [0.1, 0.15) is 28.2 Å². The van der Waals surface area contributed by atoms with Crippen LogP contribution in [0, 0.1) is 0 Å². The van der Waals surface area contributed by atoms with Crippen LogP contribution in [0.4, 0.5) is 0 Å². The minimum absolute atomic E-state index is 0.0709. The van der Waals surface area contributed by atoms with Gasteiger partial charge in [-0.1, -0.05) is 19.1 Å². The number of benzene rings is 1. The molecule has 1 aromatic carbocycles. The Hall–Kier alpha value is -1.78. The summed E-state index contributed by atoms with van der Waals surface area (Å²) in [6.07, 6.45) is 0. The van der Waals surface area contributed by atoms with Crippen LogP contribution >= 0.6 is 11.3 Å². The molecule has 28 heavy (non-hydrogen) atoms. The van der Waals surface area contributed by atoms with Crippen LogP contribution in [0.15, 0.2) is 46.7 Å². The molecule has 3 rings (SSSR count). The minimum atomic E-state index is -3.60. The van der Waals surface area contributed by atoms with Gasteiger partial charge in [-0.05, 0) is 29.6 Å². The van der Waals surface area contributed by atoms with Crippen molar-refractivity contribution in [2.75, 3.05) is 39.4 Å². The fourth-order valence-corrected chi connectivity index (χ4v) is 5.10. The maximum Gasteiger partial charge on any atom is 0.251 e. The number of nitrogens with zero attached hydrogens (tertiary/aromatic N) is 1. The maximum atomic E-state index is 12.7. The number of ether oxygens (including phenoxy) is 1. The number of carbonyl (C=O) groups excluding carboxylic acids is 1. The predicted octanol–water partition coefficient (Wildman–Crippen LogP) is 1.85. The summed E-state index contributed by atoms with van der Waals surface area (Å²) in [7, 11) is -3.60. The van der Waals surface area contributed by atoms with E-state index in [0.717, 1.165) is 13.1 Å². The van der Waals surface area contributed by atoms with E-state index in [9.17, 15) is 13.2 Å². The number of carbonyl (C=O) groups is 1. The molecule has 0 bridgehead atoms. The van der Waals surface area contributed by atoms with Gasteiger partial charge in [0.1, 0.15) is 0 Å². The second kappa shape index (κ2) is 9.62. The van der Waals surface area contributed by atoms with Gasteiger partial charge in [0.15, 0.2) is 0 Å². The third-order valence-electron chi connectivity index (χ3n) is 4.55. The van der Waals surface area contributed by atoms with Crippen LogP contribution in [0.2, 0.25) is 0 Å². The molecule has 1 aliphatic rings. The van der Waals surface area contributed by atoms with E-state index in [2.05, 4.69) is 21.0 Å². The van der Waals surface area contributed by atoms with E-state index in [1.54, 1.807) is 30.4 Å². The molecule has 2 N–H and O–H groups in total. The van der Waals surface area contributed by atoms with Gasteiger partial charge in [0.2, 0.25) is 10.0 Å². The Morgan fingerprint density at radius 3 is 2.71 bits per heavy atom. The first kappa shape index (κ1) is 20.9. The Morgan fingerprint density at radius 1 is 1.25 bits per heavy atom. The van der Waals surface area contributed by atoms with E-state index in [1.165, 1.54) is 17.0 Å². The third kappa shape index (κ3) is 5.18. The molecule has 1 aromatic heterocycles. The average Bonchev–Trinajstić information content (AvgIpc) is 3.23. The van der Waals surface area contributed by atoms with Crippen molar-refractivity contribution in [3.8, 4) is 0 Å². The molecule has 7 nitrogen and oxygen atoms in total. The molecule has 0 radical (unpaired) electrons. The monoisotopic (exact) mass is 423 g/mol. The lowest BCUT2D eigenvalue weighted by atomic mass is 10.1. The first-order valence-corrected chi connectivity index (χ1v) is 11.6. The van der Waals surface area contributed by atoms with Gasteiger partial charge in [-0.15, -0.1) is 11.3 Å². The fourth-order valence-electron chi connectivity index (χ4n) is 3.15. The van der Waals surface area contributed by atoms with Gasteiger partial charge in [-0.2, -0.15) is 0 Å². The second-order valence-corrected chi connectivity index (χ2v) is 9.16. The van der Waals surface area contributed by atoms with E-state index in [4.69, 9.17) is 4.74 Å². The van der Waals surface area contributed by atoms with Gasteiger partial charge in [0, 0.05) is 36.6 Å². The molecule has 0 spiro atoms. The molecule has 1 unspecified atom stereocenters. The quantitative estimate of drug-likeness (QED) is 0.677. The molecule has 1 atom stereocenters. The van der Waals surface area contributed by atoms with E-state index < -0.39 is 10.0 Å². The third-order valence-corrected chi connectivity index (χ3v) is 7.07. The SMILES string of the molecule is CCNS(=O)(=O)c1cccc(C(=O)NCC(c2cccs2)N2CCOCC2)c1. The second-order valence-electron chi connectivity index (χ2n) is 6.42. The van der Waals surface area contributed by atoms with Crippen molar-refractivity contribution in [1.82, 2.24) is 14.9 Å². The van der Waals surface area contributed by atoms with Crippen molar-refractivity contribution in [3.63, 3.8) is 0 Å². The zero-order valence-corrected chi connectivity index (χ0v) is 17.4. The Morgan fingerprint density at radius 2 is 2.04 bits per heavy atom. The van der Waals surface area contributed by atoms with Gasteiger partial charge in [0.25, 0.3) is 5.91 Å². The highest BCUT2D eigenvalue weighted by atomic mass is 32.2. The predicted molar refractivity (Wildman–Crippen MR) is 109 cm³/mol.